The maximum absolute atomic E-state index is 12.7. The van der Waals surface area contributed by atoms with Crippen LogP contribution in [0.3, 0.4) is 0 Å². The van der Waals surface area contributed by atoms with Crippen LogP contribution in [0.5, 0.6) is 0 Å². The molecule has 82 valence electrons. The fourth-order valence-corrected chi connectivity index (χ4v) is 1.24. The Morgan fingerprint density at radius 3 is 2.33 bits per heavy atom. The Morgan fingerprint density at radius 1 is 1.33 bits per heavy atom. The highest BCUT2D eigenvalue weighted by Crippen LogP contribution is 2.20. The van der Waals surface area contributed by atoms with Crippen molar-refractivity contribution in [3.8, 4) is 0 Å². The highest BCUT2D eigenvalue weighted by atomic mass is 19.1. The highest BCUT2D eigenvalue weighted by Gasteiger charge is 2.22. The first-order chi connectivity index (χ1) is 6.95. The van der Waals surface area contributed by atoms with Gasteiger partial charge in [-0.1, -0.05) is 12.1 Å². The number of rotatable bonds is 2. The molecule has 0 aliphatic carbocycles. The lowest BCUT2D eigenvalue weighted by molar-refractivity contribution is 0.159. The first-order valence-electron chi connectivity index (χ1n) is 4.58. The van der Waals surface area contributed by atoms with Gasteiger partial charge in [0, 0.05) is 0 Å². The number of amides is 1. The molecular formula is C11H14FNO2. The number of benzene rings is 1. The third-order valence-electron chi connectivity index (χ3n) is 2.17. The molecule has 0 bridgehead atoms. The Labute approximate surface area is 88.2 Å². The van der Waals surface area contributed by atoms with E-state index in [-0.39, 0.29) is 5.82 Å². The monoisotopic (exact) mass is 211 g/mol. The Morgan fingerprint density at radius 2 is 1.87 bits per heavy atom. The van der Waals surface area contributed by atoms with Gasteiger partial charge in [0.1, 0.15) is 5.82 Å². The van der Waals surface area contributed by atoms with Crippen molar-refractivity contribution >= 4 is 6.09 Å². The Bertz CT molecular complexity index is 346. The van der Waals surface area contributed by atoms with Crippen molar-refractivity contribution < 1.29 is 13.9 Å². The number of carbonyl (C=O) groups is 1. The van der Waals surface area contributed by atoms with Crippen molar-refractivity contribution in [3.05, 3.63) is 35.6 Å². The lowest BCUT2D eigenvalue weighted by atomic mass is 9.94. The molecule has 0 fully saturated rings. The smallest absolute Gasteiger partial charge is 0.407 e. The van der Waals surface area contributed by atoms with Gasteiger partial charge in [0.2, 0.25) is 0 Å². The van der Waals surface area contributed by atoms with Gasteiger partial charge in [-0.05, 0) is 31.5 Å². The highest BCUT2D eigenvalue weighted by molar-refractivity contribution is 5.68. The maximum Gasteiger partial charge on any atom is 0.407 e. The molecular weight excluding hydrogens is 197 g/mol. The summed E-state index contributed by atoms with van der Waals surface area (Å²) in [5.74, 6) is -0.299. The van der Waals surface area contributed by atoms with Gasteiger partial charge in [0.25, 0.3) is 0 Å². The molecule has 1 rings (SSSR count). The van der Waals surface area contributed by atoms with Gasteiger partial charge in [-0.3, -0.25) is 0 Å². The number of hydrogen-bond donors (Lipinski definition) is 1. The van der Waals surface area contributed by atoms with Crippen molar-refractivity contribution in [1.82, 2.24) is 5.32 Å². The summed E-state index contributed by atoms with van der Waals surface area (Å²) in [6, 6.07) is 5.97. The quantitative estimate of drug-likeness (QED) is 0.815. The van der Waals surface area contributed by atoms with Crippen LogP contribution in [0.4, 0.5) is 9.18 Å². The molecule has 3 nitrogen and oxygen atoms in total. The zero-order valence-electron chi connectivity index (χ0n) is 9.00. The minimum atomic E-state index is -0.583. The van der Waals surface area contributed by atoms with Crippen LogP contribution in [0.25, 0.3) is 0 Å². The summed E-state index contributed by atoms with van der Waals surface area (Å²) in [5.41, 5.74) is 0.232. The van der Waals surface area contributed by atoms with E-state index in [1.165, 1.54) is 19.2 Å². The van der Waals surface area contributed by atoms with Crippen molar-refractivity contribution in [2.75, 3.05) is 7.11 Å². The number of hydrogen-bond acceptors (Lipinski definition) is 2. The average Bonchev–Trinajstić information content (AvgIpc) is 2.17. The summed E-state index contributed by atoms with van der Waals surface area (Å²) in [7, 11) is 1.30. The molecule has 15 heavy (non-hydrogen) atoms. The number of nitrogens with one attached hydrogen (secondary N) is 1. The number of carbonyl (C=O) groups excluding carboxylic acids is 1. The van der Waals surface area contributed by atoms with Crippen LogP contribution in [0, 0.1) is 5.82 Å². The topological polar surface area (TPSA) is 38.3 Å². The molecule has 0 saturated heterocycles. The van der Waals surface area contributed by atoms with Crippen LogP contribution >= 0.6 is 0 Å². The molecule has 1 aromatic rings. The van der Waals surface area contributed by atoms with E-state index < -0.39 is 11.6 Å². The molecule has 0 atom stereocenters. The summed E-state index contributed by atoms with van der Waals surface area (Å²) < 4.78 is 17.2. The van der Waals surface area contributed by atoms with Gasteiger partial charge in [0.05, 0.1) is 12.6 Å². The third-order valence-corrected chi connectivity index (χ3v) is 2.17. The number of methoxy groups -OCH3 is 1. The number of halogens is 1. The normalized spacial score (nSPS) is 10.9. The van der Waals surface area contributed by atoms with E-state index in [4.69, 9.17) is 0 Å². The number of alkyl carbamates (subject to hydrolysis) is 1. The summed E-state index contributed by atoms with van der Waals surface area (Å²) in [6.07, 6.45) is -0.510. The van der Waals surface area contributed by atoms with Crippen LogP contribution in [-0.4, -0.2) is 13.2 Å². The fraction of sp³-hybridized carbons (Fsp3) is 0.364. The van der Waals surface area contributed by atoms with Gasteiger partial charge in [-0.2, -0.15) is 0 Å². The first kappa shape index (κ1) is 11.5. The van der Waals surface area contributed by atoms with E-state index >= 15 is 0 Å². The lowest BCUT2D eigenvalue weighted by Crippen LogP contribution is -2.40. The molecule has 0 saturated carbocycles. The SMILES string of the molecule is COC(=O)NC(C)(C)c1ccc(F)cc1. The van der Waals surface area contributed by atoms with E-state index in [2.05, 4.69) is 10.1 Å². The molecule has 0 radical (unpaired) electrons. The van der Waals surface area contributed by atoms with Gasteiger partial charge >= 0.3 is 6.09 Å². The lowest BCUT2D eigenvalue weighted by Gasteiger charge is -2.25. The number of ether oxygens (including phenoxy) is 1. The van der Waals surface area contributed by atoms with Crippen LogP contribution in [0.15, 0.2) is 24.3 Å². The minimum absolute atomic E-state index is 0.299. The molecule has 1 aromatic carbocycles. The molecule has 1 amide bonds. The van der Waals surface area contributed by atoms with Crippen LogP contribution in [-0.2, 0) is 10.3 Å². The van der Waals surface area contributed by atoms with E-state index in [0.717, 1.165) is 5.56 Å². The van der Waals surface area contributed by atoms with E-state index in [9.17, 15) is 9.18 Å². The van der Waals surface area contributed by atoms with E-state index in [1.54, 1.807) is 12.1 Å². The van der Waals surface area contributed by atoms with Crippen LogP contribution in [0.1, 0.15) is 19.4 Å². The maximum atomic E-state index is 12.7. The predicted octanol–water partition coefficient (Wildman–Crippen LogP) is 2.42. The molecule has 1 N–H and O–H groups in total. The first-order valence-corrected chi connectivity index (χ1v) is 4.58. The van der Waals surface area contributed by atoms with Gasteiger partial charge in [-0.15, -0.1) is 0 Å². The molecule has 0 aliphatic heterocycles. The minimum Gasteiger partial charge on any atom is -0.453 e. The second-order valence-corrected chi connectivity index (χ2v) is 3.75. The standard InChI is InChI=1S/C11H14FNO2/c1-11(2,13-10(14)15-3)8-4-6-9(12)7-5-8/h4-7H,1-3H3,(H,13,14). The van der Waals surface area contributed by atoms with Crippen LogP contribution < -0.4 is 5.32 Å². The van der Waals surface area contributed by atoms with Gasteiger partial charge in [-0.25, -0.2) is 9.18 Å². The van der Waals surface area contributed by atoms with Gasteiger partial charge < -0.3 is 10.1 Å². The molecule has 0 aromatic heterocycles. The molecule has 4 heteroatoms. The van der Waals surface area contributed by atoms with Crippen molar-refractivity contribution in [2.45, 2.75) is 19.4 Å². The molecule has 0 unspecified atom stereocenters. The second-order valence-electron chi connectivity index (χ2n) is 3.75. The van der Waals surface area contributed by atoms with Crippen LogP contribution in [0.2, 0.25) is 0 Å². The van der Waals surface area contributed by atoms with E-state index in [0.29, 0.717) is 0 Å². The third kappa shape index (κ3) is 2.94. The molecule has 0 spiro atoms. The zero-order valence-corrected chi connectivity index (χ0v) is 9.00. The average molecular weight is 211 g/mol. The van der Waals surface area contributed by atoms with Gasteiger partial charge in [0.15, 0.2) is 0 Å². The molecule has 0 aliphatic rings. The summed E-state index contributed by atoms with van der Waals surface area (Å²) >= 11 is 0. The van der Waals surface area contributed by atoms with Crippen molar-refractivity contribution in [2.24, 2.45) is 0 Å². The predicted molar refractivity (Wildman–Crippen MR) is 55.0 cm³/mol. The second kappa shape index (κ2) is 4.29. The summed E-state index contributed by atoms with van der Waals surface area (Å²) in [4.78, 5) is 11.1. The van der Waals surface area contributed by atoms with Crippen molar-refractivity contribution in [3.63, 3.8) is 0 Å². The largest absolute Gasteiger partial charge is 0.453 e. The van der Waals surface area contributed by atoms with Crippen molar-refractivity contribution in [1.29, 1.82) is 0 Å². The Hall–Kier alpha value is -1.58. The summed E-state index contributed by atoms with van der Waals surface area (Å²) in [6.45, 7) is 3.63. The zero-order chi connectivity index (χ0) is 11.5. The Kier molecular flexibility index (Phi) is 3.29. The molecule has 0 heterocycles. The fourth-order valence-electron chi connectivity index (χ4n) is 1.24. The Balaban J connectivity index is 2.85. The van der Waals surface area contributed by atoms with E-state index in [1.807, 2.05) is 13.8 Å². The summed E-state index contributed by atoms with van der Waals surface area (Å²) in [5, 5.41) is 2.66.